The van der Waals surface area contributed by atoms with Gasteiger partial charge in [-0.2, -0.15) is 8.78 Å². The first-order valence-electron chi connectivity index (χ1n) is 9.99. The lowest BCUT2D eigenvalue weighted by Crippen LogP contribution is -2.21. The van der Waals surface area contributed by atoms with Gasteiger partial charge in [0.25, 0.3) is 5.56 Å². The number of alkyl halides is 2. The maximum atomic E-state index is 14.9. The van der Waals surface area contributed by atoms with Crippen molar-refractivity contribution in [2.45, 2.75) is 32.4 Å². The van der Waals surface area contributed by atoms with Gasteiger partial charge in [0.15, 0.2) is 11.6 Å². The molecule has 7 nitrogen and oxygen atoms in total. The van der Waals surface area contributed by atoms with Crippen LogP contribution in [0.2, 0.25) is 0 Å². The zero-order chi connectivity index (χ0) is 21.8. The molecule has 4 rings (SSSR count). The summed E-state index contributed by atoms with van der Waals surface area (Å²) >= 11 is 0. The van der Waals surface area contributed by atoms with Crippen LogP contribution in [-0.4, -0.2) is 40.9 Å². The summed E-state index contributed by atoms with van der Waals surface area (Å²) < 4.78 is 49.8. The van der Waals surface area contributed by atoms with Crippen molar-refractivity contribution >= 4 is 16.7 Å². The lowest BCUT2D eigenvalue weighted by atomic mass is 10.1. The molecular formula is C21H21F3N4O3. The Morgan fingerprint density at radius 2 is 2.10 bits per heavy atom. The van der Waals surface area contributed by atoms with E-state index < -0.39 is 12.4 Å². The summed E-state index contributed by atoms with van der Waals surface area (Å²) in [6, 6.07) is 6.08. The van der Waals surface area contributed by atoms with Crippen molar-refractivity contribution < 1.29 is 22.6 Å². The second-order valence-corrected chi connectivity index (χ2v) is 7.10. The lowest BCUT2D eigenvalue weighted by Gasteiger charge is -2.18. The van der Waals surface area contributed by atoms with Crippen LogP contribution in [0.4, 0.5) is 19.0 Å². The number of aryl methyl sites for hydroxylation is 1. The number of pyridine rings is 1. The number of nitrogens with zero attached hydrogens (tertiary/aromatic N) is 3. The third-order valence-corrected chi connectivity index (χ3v) is 4.99. The Bertz CT molecular complexity index is 1140. The number of aromatic nitrogens is 3. The molecule has 0 bridgehead atoms. The molecule has 2 aromatic heterocycles. The van der Waals surface area contributed by atoms with Crippen molar-refractivity contribution in [2.24, 2.45) is 0 Å². The molecule has 1 aliphatic rings. The van der Waals surface area contributed by atoms with Crippen LogP contribution in [0.25, 0.3) is 22.2 Å². The van der Waals surface area contributed by atoms with E-state index >= 15 is 0 Å². The van der Waals surface area contributed by atoms with Gasteiger partial charge in [-0.25, -0.2) is 14.4 Å². The summed E-state index contributed by atoms with van der Waals surface area (Å²) in [6.45, 7) is -1.29. The number of hydrogen-bond donors (Lipinski definition) is 1. The van der Waals surface area contributed by atoms with Crippen LogP contribution in [0, 0.1) is 5.82 Å². The summed E-state index contributed by atoms with van der Waals surface area (Å²) in [5.74, 6) is 0.584. The van der Waals surface area contributed by atoms with Crippen LogP contribution in [0.1, 0.15) is 19.3 Å². The third-order valence-electron chi connectivity index (χ3n) is 4.99. The van der Waals surface area contributed by atoms with E-state index in [1.54, 1.807) is 12.1 Å². The molecule has 1 N–H and O–H groups in total. The van der Waals surface area contributed by atoms with Gasteiger partial charge in [0.1, 0.15) is 12.4 Å². The highest BCUT2D eigenvalue weighted by Crippen LogP contribution is 2.31. The molecule has 0 aliphatic carbocycles. The van der Waals surface area contributed by atoms with E-state index in [1.807, 2.05) is 0 Å². The average molecular weight is 434 g/mol. The van der Waals surface area contributed by atoms with Crippen molar-refractivity contribution in [3.63, 3.8) is 0 Å². The van der Waals surface area contributed by atoms with Crippen molar-refractivity contribution in [1.29, 1.82) is 0 Å². The second-order valence-electron chi connectivity index (χ2n) is 7.10. The van der Waals surface area contributed by atoms with Crippen molar-refractivity contribution in [2.75, 3.05) is 25.1 Å². The topological polar surface area (TPSA) is 78.3 Å². The normalized spacial score (nSPS) is 13.2. The first kappa shape index (κ1) is 21.1. The standard InChI is InChI=1S/C21H21F3N4O3/c22-15-10-14-17(11-13(15)16-4-5-18-19(27-16)25-6-9-30-18)26-12-28(20(14)29)7-2-1-3-8-31-21(23)24/h4-5,10-12,21H,1-3,6-9H2,(H,25,27). The molecule has 0 spiro atoms. The van der Waals surface area contributed by atoms with E-state index in [0.717, 1.165) is 0 Å². The molecule has 0 amide bonds. The minimum atomic E-state index is -2.77. The van der Waals surface area contributed by atoms with E-state index in [0.29, 0.717) is 61.7 Å². The molecular weight excluding hydrogens is 413 g/mol. The molecule has 10 heteroatoms. The maximum absolute atomic E-state index is 14.9. The molecule has 0 saturated carbocycles. The van der Waals surface area contributed by atoms with E-state index in [1.165, 1.54) is 23.0 Å². The predicted molar refractivity (Wildman–Crippen MR) is 109 cm³/mol. The average Bonchev–Trinajstić information content (AvgIpc) is 2.77. The van der Waals surface area contributed by atoms with Gasteiger partial charge in [0.05, 0.1) is 36.1 Å². The fourth-order valence-corrected chi connectivity index (χ4v) is 3.44. The molecule has 3 heterocycles. The summed E-state index contributed by atoms with van der Waals surface area (Å²) in [7, 11) is 0. The van der Waals surface area contributed by atoms with Gasteiger partial charge in [-0.3, -0.25) is 9.36 Å². The van der Waals surface area contributed by atoms with E-state index in [-0.39, 0.29) is 23.1 Å². The molecule has 31 heavy (non-hydrogen) atoms. The molecule has 0 unspecified atom stereocenters. The summed E-state index contributed by atoms with van der Waals surface area (Å²) in [6.07, 6.45) is 3.09. The minimum absolute atomic E-state index is 0.0328. The van der Waals surface area contributed by atoms with Crippen LogP contribution >= 0.6 is 0 Å². The highest BCUT2D eigenvalue weighted by Gasteiger charge is 2.16. The van der Waals surface area contributed by atoms with E-state index in [2.05, 4.69) is 20.0 Å². The van der Waals surface area contributed by atoms with Gasteiger partial charge < -0.3 is 14.8 Å². The van der Waals surface area contributed by atoms with Gasteiger partial charge in [-0.15, -0.1) is 0 Å². The summed E-state index contributed by atoms with van der Waals surface area (Å²) in [5.41, 5.74) is 0.666. The number of fused-ring (bicyclic) bond motifs is 2. The van der Waals surface area contributed by atoms with E-state index in [9.17, 15) is 18.0 Å². The molecule has 0 saturated heterocycles. The van der Waals surface area contributed by atoms with Crippen LogP contribution in [0.5, 0.6) is 5.75 Å². The van der Waals surface area contributed by atoms with Gasteiger partial charge >= 0.3 is 6.61 Å². The zero-order valence-corrected chi connectivity index (χ0v) is 16.6. The van der Waals surface area contributed by atoms with Crippen LogP contribution in [-0.2, 0) is 11.3 Å². The van der Waals surface area contributed by atoms with Gasteiger partial charge in [0, 0.05) is 12.1 Å². The maximum Gasteiger partial charge on any atom is 0.345 e. The Hall–Kier alpha value is -3.14. The van der Waals surface area contributed by atoms with Gasteiger partial charge in [-0.1, -0.05) is 0 Å². The Labute approximate surface area is 175 Å². The molecule has 0 atom stereocenters. The number of unbranched alkanes of at least 4 members (excludes halogenated alkanes) is 2. The molecule has 0 fully saturated rings. The number of ether oxygens (including phenoxy) is 2. The van der Waals surface area contributed by atoms with Gasteiger partial charge in [-0.05, 0) is 43.5 Å². The number of halogens is 3. The Balaban J connectivity index is 1.52. The van der Waals surface area contributed by atoms with Gasteiger partial charge in [0.2, 0.25) is 0 Å². The first-order chi connectivity index (χ1) is 15.0. The smallest absolute Gasteiger partial charge is 0.345 e. The molecule has 0 radical (unpaired) electrons. The highest BCUT2D eigenvalue weighted by molar-refractivity contribution is 5.83. The quantitative estimate of drug-likeness (QED) is 0.544. The summed E-state index contributed by atoms with van der Waals surface area (Å²) in [5, 5.41) is 3.28. The minimum Gasteiger partial charge on any atom is -0.488 e. The number of benzene rings is 1. The fraction of sp³-hybridized carbons (Fsp3) is 0.381. The van der Waals surface area contributed by atoms with Crippen molar-refractivity contribution in [1.82, 2.24) is 14.5 Å². The summed E-state index contributed by atoms with van der Waals surface area (Å²) in [4.78, 5) is 21.4. The Kier molecular flexibility index (Phi) is 6.36. The SMILES string of the molecule is O=c1c2cc(F)c(-c3ccc4c(n3)NCCO4)cc2ncn1CCCCCOC(F)F. The predicted octanol–water partition coefficient (Wildman–Crippen LogP) is 3.81. The lowest BCUT2D eigenvalue weighted by molar-refractivity contribution is -0.129. The van der Waals surface area contributed by atoms with Crippen molar-refractivity contribution in [3.05, 3.63) is 46.8 Å². The van der Waals surface area contributed by atoms with Crippen LogP contribution in [0.3, 0.4) is 0 Å². The molecule has 1 aliphatic heterocycles. The highest BCUT2D eigenvalue weighted by atomic mass is 19.3. The van der Waals surface area contributed by atoms with E-state index in [4.69, 9.17) is 4.74 Å². The molecule has 1 aromatic carbocycles. The number of rotatable bonds is 8. The Morgan fingerprint density at radius 1 is 1.23 bits per heavy atom. The number of nitrogens with one attached hydrogen (secondary N) is 1. The zero-order valence-electron chi connectivity index (χ0n) is 16.6. The number of hydrogen-bond acceptors (Lipinski definition) is 6. The largest absolute Gasteiger partial charge is 0.488 e. The van der Waals surface area contributed by atoms with Crippen LogP contribution < -0.4 is 15.6 Å². The molecule has 3 aromatic rings. The van der Waals surface area contributed by atoms with Crippen molar-refractivity contribution in [3.8, 4) is 17.0 Å². The second kappa shape index (κ2) is 9.34. The fourth-order valence-electron chi connectivity index (χ4n) is 3.44. The third kappa shape index (κ3) is 4.79. The van der Waals surface area contributed by atoms with Crippen LogP contribution in [0.15, 0.2) is 35.4 Å². The first-order valence-corrected chi connectivity index (χ1v) is 9.99. The Morgan fingerprint density at radius 3 is 2.94 bits per heavy atom. The molecule has 164 valence electrons. The number of anilines is 1. The monoisotopic (exact) mass is 434 g/mol.